The van der Waals surface area contributed by atoms with E-state index in [0.29, 0.717) is 12.1 Å². The number of carbonyl (C=O) groups is 1. The quantitative estimate of drug-likeness (QED) is 0.923. The molecule has 24 heavy (non-hydrogen) atoms. The highest BCUT2D eigenvalue weighted by Crippen LogP contribution is 2.48. The normalized spacial score (nSPS) is 19.8. The summed E-state index contributed by atoms with van der Waals surface area (Å²) in [5, 5.41) is 2.82. The summed E-state index contributed by atoms with van der Waals surface area (Å²) in [6, 6.07) is 10.9. The number of sulfone groups is 1. The van der Waals surface area contributed by atoms with Gasteiger partial charge in [0.25, 0.3) is 0 Å². The van der Waals surface area contributed by atoms with E-state index in [2.05, 4.69) is 5.32 Å². The van der Waals surface area contributed by atoms with Gasteiger partial charge in [-0.25, -0.2) is 12.8 Å². The van der Waals surface area contributed by atoms with E-state index >= 15 is 0 Å². The molecule has 126 valence electrons. The molecule has 1 fully saturated rings. The summed E-state index contributed by atoms with van der Waals surface area (Å²) >= 11 is 0. The van der Waals surface area contributed by atoms with Crippen molar-refractivity contribution < 1.29 is 17.6 Å². The van der Waals surface area contributed by atoms with Crippen LogP contribution >= 0.6 is 0 Å². The van der Waals surface area contributed by atoms with Gasteiger partial charge in [-0.2, -0.15) is 0 Å². The molecule has 0 spiro atoms. The maximum atomic E-state index is 13.0. The SMILES string of the molecule is Cc1ccc(S(C)(=O)=O)cc1NC(=O)C1CC1c1ccc(F)cc1. The van der Waals surface area contributed by atoms with Crippen LogP contribution in [0.1, 0.15) is 23.5 Å². The number of rotatable bonds is 4. The van der Waals surface area contributed by atoms with Gasteiger partial charge in [-0.15, -0.1) is 0 Å². The van der Waals surface area contributed by atoms with Crippen LogP contribution in [0.5, 0.6) is 0 Å². The Kier molecular flexibility index (Phi) is 4.17. The molecule has 2 aromatic carbocycles. The summed E-state index contributed by atoms with van der Waals surface area (Å²) in [6.07, 6.45) is 1.84. The molecule has 2 aromatic rings. The maximum Gasteiger partial charge on any atom is 0.228 e. The van der Waals surface area contributed by atoms with Crippen molar-refractivity contribution in [1.82, 2.24) is 0 Å². The molecule has 0 aliphatic heterocycles. The molecule has 0 aromatic heterocycles. The molecule has 6 heteroatoms. The topological polar surface area (TPSA) is 63.2 Å². The van der Waals surface area contributed by atoms with Crippen LogP contribution in [0.25, 0.3) is 0 Å². The summed E-state index contributed by atoms with van der Waals surface area (Å²) in [5.74, 6) is -0.521. The molecular weight excluding hydrogens is 329 g/mol. The smallest absolute Gasteiger partial charge is 0.228 e. The standard InChI is InChI=1S/C18H18FNO3S/c1-11-3-8-14(24(2,22)23)9-17(11)20-18(21)16-10-15(16)12-4-6-13(19)7-5-12/h3-9,15-16H,10H2,1-2H3,(H,20,21). The molecule has 1 amide bonds. The summed E-state index contributed by atoms with van der Waals surface area (Å²) in [4.78, 5) is 12.6. The van der Waals surface area contributed by atoms with Gasteiger partial charge in [0.1, 0.15) is 5.82 Å². The minimum absolute atomic E-state index is 0.0870. The van der Waals surface area contributed by atoms with E-state index < -0.39 is 9.84 Å². The first-order chi connectivity index (χ1) is 11.3. The Balaban J connectivity index is 1.73. The zero-order chi connectivity index (χ0) is 17.5. The van der Waals surface area contributed by atoms with Gasteiger partial charge in [0, 0.05) is 17.9 Å². The lowest BCUT2D eigenvalue weighted by atomic mass is 10.1. The number of anilines is 1. The van der Waals surface area contributed by atoms with Crippen LogP contribution in [0.2, 0.25) is 0 Å². The average Bonchev–Trinajstić information content (AvgIpc) is 3.29. The van der Waals surface area contributed by atoms with E-state index in [4.69, 9.17) is 0 Å². The highest BCUT2D eigenvalue weighted by atomic mass is 32.2. The van der Waals surface area contributed by atoms with Crippen molar-refractivity contribution in [1.29, 1.82) is 0 Å². The molecule has 0 heterocycles. The van der Waals surface area contributed by atoms with Crippen molar-refractivity contribution in [3.8, 4) is 0 Å². The van der Waals surface area contributed by atoms with Gasteiger partial charge in [-0.3, -0.25) is 4.79 Å². The summed E-state index contributed by atoms with van der Waals surface area (Å²) in [5.41, 5.74) is 2.25. The Hall–Kier alpha value is -2.21. The van der Waals surface area contributed by atoms with E-state index in [9.17, 15) is 17.6 Å². The number of hydrogen-bond donors (Lipinski definition) is 1. The van der Waals surface area contributed by atoms with Gasteiger partial charge < -0.3 is 5.32 Å². The second kappa shape index (κ2) is 6.02. The molecule has 1 saturated carbocycles. The van der Waals surface area contributed by atoms with Gasteiger partial charge in [0.2, 0.25) is 5.91 Å². The summed E-state index contributed by atoms with van der Waals surface area (Å²) in [6.45, 7) is 1.81. The predicted molar refractivity (Wildman–Crippen MR) is 90.2 cm³/mol. The van der Waals surface area contributed by atoms with Gasteiger partial charge in [0.05, 0.1) is 4.90 Å². The highest BCUT2D eigenvalue weighted by molar-refractivity contribution is 7.90. The summed E-state index contributed by atoms with van der Waals surface area (Å²) < 4.78 is 36.3. The van der Waals surface area contributed by atoms with E-state index in [0.717, 1.165) is 17.4 Å². The molecule has 0 radical (unpaired) electrons. The lowest BCUT2D eigenvalue weighted by Crippen LogP contribution is -2.15. The first-order valence-corrected chi connectivity index (χ1v) is 9.52. The minimum Gasteiger partial charge on any atom is -0.326 e. The molecule has 1 aliphatic carbocycles. The van der Waals surface area contributed by atoms with Crippen LogP contribution in [-0.2, 0) is 14.6 Å². The number of halogens is 1. The van der Waals surface area contributed by atoms with Crippen molar-refractivity contribution in [2.45, 2.75) is 24.2 Å². The molecule has 0 saturated heterocycles. The number of carbonyl (C=O) groups excluding carboxylic acids is 1. The van der Waals surface area contributed by atoms with E-state index in [1.807, 2.05) is 6.92 Å². The number of hydrogen-bond acceptors (Lipinski definition) is 3. The second-order valence-corrected chi connectivity index (χ2v) is 8.25. The number of amides is 1. The van der Waals surface area contributed by atoms with Gasteiger partial charge in [-0.05, 0) is 54.7 Å². The van der Waals surface area contributed by atoms with Crippen LogP contribution in [0.15, 0.2) is 47.4 Å². The first-order valence-electron chi connectivity index (χ1n) is 7.63. The van der Waals surface area contributed by atoms with Gasteiger partial charge >= 0.3 is 0 Å². The Bertz CT molecular complexity index is 891. The van der Waals surface area contributed by atoms with Crippen LogP contribution in [-0.4, -0.2) is 20.6 Å². The van der Waals surface area contributed by atoms with Crippen LogP contribution in [0, 0.1) is 18.7 Å². The summed E-state index contributed by atoms with van der Waals surface area (Å²) in [7, 11) is -3.33. The van der Waals surface area contributed by atoms with E-state index in [1.54, 1.807) is 18.2 Å². The first kappa shape index (κ1) is 16.6. The van der Waals surface area contributed by atoms with E-state index in [-0.39, 0.29) is 28.5 Å². The fourth-order valence-corrected chi connectivity index (χ4v) is 3.40. The molecule has 3 rings (SSSR count). The van der Waals surface area contributed by atoms with Gasteiger partial charge in [-0.1, -0.05) is 18.2 Å². The van der Waals surface area contributed by atoms with Crippen molar-refractivity contribution in [3.63, 3.8) is 0 Å². The average molecular weight is 347 g/mol. The fourth-order valence-electron chi connectivity index (χ4n) is 2.75. The van der Waals surface area contributed by atoms with E-state index in [1.165, 1.54) is 24.3 Å². The zero-order valence-corrected chi connectivity index (χ0v) is 14.2. The van der Waals surface area contributed by atoms with Crippen molar-refractivity contribution in [2.75, 3.05) is 11.6 Å². The predicted octanol–water partition coefficient (Wildman–Crippen LogP) is 3.28. The van der Waals surface area contributed by atoms with Crippen molar-refractivity contribution in [3.05, 3.63) is 59.4 Å². The molecule has 1 aliphatic rings. The Morgan fingerprint density at radius 2 is 1.83 bits per heavy atom. The molecule has 2 atom stereocenters. The number of aryl methyl sites for hydroxylation is 1. The maximum absolute atomic E-state index is 13.0. The van der Waals surface area contributed by atoms with Crippen LogP contribution in [0.3, 0.4) is 0 Å². The molecule has 0 bridgehead atoms. The van der Waals surface area contributed by atoms with Crippen LogP contribution in [0.4, 0.5) is 10.1 Å². The van der Waals surface area contributed by atoms with Crippen molar-refractivity contribution >= 4 is 21.4 Å². The lowest BCUT2D eigenvalue weighted by Gasteiger charge is -2.10. The third-order valence-electron chi connectivity index (χ3n) is 4.32. The largest absolute Gasteiger partial charge is 0.326 e. The second-order valence-electron chi connectivity index (χ2n) is 6.24. The Morgan fingerprint density at radius 1 is 1.17 bits per heavy atom. The minimum atomic E-state index is -3.33. The number of benzene rings is 2. The third kappa shape index (κ3) is 3.48. The fraction of sp³-hybridized carbons (Fsp3) is 0.278. The molecule has 1 N–H and O–H groups in total. The molecular formula is C18H18FNO3S. The third-order valence-corrected chi connectivity index (χ3v) is 5.43. The lowest BCUT2D eigenvalue weighted by molar-refractivity contribution is -0.117. The number of nitrogens with one attached hydrogen (secondary N) is 1. The Morgan fingerprint density at radius 3 is 2.46 bits per heavy atom. The van der Waals surface area contributed by atoms with Crippen molar-refractivity contribution in [2.24, 2.45) is 5.92 Å². The zero-order valence-electron chi connectivity index (χ0n) is 13.4. The van der Waals surface area contributed by atoms with Gasteiger partial charge in [0.15, 0.2) is 9.84 Å². The highest BCUT2D eigenvalue weighted by Gasteiger charge is 2.44. The Labute approximate surface area is 140 Å². The van der Waals surface area contributed by atoms with Crippen LogP contribution < -0.4 is 5.32 Å². The molecule has 2 unspecified atom stereocenters. The monoisotopic (exact) mass is 347 g/mol. The molecule has 4 nitrogen and oxygen atoms in total.